The van der Waals surface area contributed by atoms with E-state index in [2.05, 4.69) is 15.8 Å². The van der Waals surface area contributed by atoms with Crippen LogP contribution in [0.3, 0.4) is 0 Å². The number of urea groups is 2. The lowest BCUT2D eigenvalue weighted by Crippen LogP contribution is -2.58. The second-order valence-corrected chi connectivity index (χ2v) is 9.38. The van der Waals surface area contributed by atoms with E-state index in [1.165, 1.54) is 40.3 Å². The lowest BCUT2D eigenvalue weighted by molar-refractivity contribution is -0.384. The molecule has 13 heteroatoms. The van der Waals surface area contributed by atoms with Gasteiger partial charge in [-0.2, -0.15) is 10.2 Å². The molecule has 1 atom stereocenters. The molecule has 1 aliphatic rings. The van der Waals surface area contributed by atoms with Crippen LogP contribution in [0.4, 0.5) is 26.7 Å². The van der Waals surface area contributed by atoms with Gasteiger partial charge in [-0.25, -0.2) is 15.0 Å². The zero-order chi connectivity index (χ0) is 28.9. The number of anilines is 2. The molecule has 3 N–H and O–H groups in total. The van der Waals surface area contributed by atoms with Crippen molar-refractivity contribution in [2.24, 2.45) is 5.10 Å². The highest BCUT2D eigenvalue weighted by atomic mass is 16.6. The minimum absolute atomic E-state index is 0.0798. The number of non-ortho nitro benzene ring substituents is 1. The predicted octanol–water partition coefficient (Wildman–Crippen LogP) is 4.02. The van der Waals surface area contributed by atoms with Gasteiger partial charge in [-0.3, -0.25) is 25.0 Å². The third-order valence-corrected chi connectivity index (χ3v) is 6.32. The molecule has 1 fully saturated rings. The zero-order valence-electron chi connectivity index (χ0n) is 21.7. The maximum atomic E-state index is 13.6. The molecule has 5 amide bonds. The van der Waals surface area contributed by atoms with Gasteiger partial charge >= 0.3 is 12.1 Å². The van der Waals surface area contributed by atoms with E-state index in [9.17, 15) is 29.7 Å². The Morgan fingerprint density at radius 2 is 1.65 bits per heavy atom. The van der Waals surface area contributed by atoms with Crippen molar-refractivity contribution in [3.05, 3.63) is 101 Å². The molecule has 206 valence electrons. The number of nitro benzene ring substituents is 1. The molecule has 0 aliphatic carbocycles. The van der Waals surface area contributed by atoms with Crippen LogP contribution in [0.2, 0.25) is 0 Å². The molecule has 40 heavy (non-hydrogen) atoms. The fourth-order valence-corrected chi connectivity index (χ4v) is 4.31. The Labute approximate surface area is 229 Å². The van der Waals surface area contributed by atoms with Gasteiger partial charge in [0.25, 0.3) is 11.6 Å². The Hall–Kier alpha value is -5.30. The lowest BCUT2D eigenvalue weighted by atomic mass is 9.99. The Kier molecular flexibility index (Phi) is 8.05. The van der Waals surface area contributed by atoms with E-state index in [0.717, 1.165) is 0 Å². The van der Waals surface area contributed by atoms with E-state index < -0.39 is 41.1 Å². The highest BCUT2D eigenvalue weighted by molar-refractivity contribution is 6.00. The Morgan fingerprint density at radius 1 is 1.05 bits per heavy atom. The topological polar surface area (TPSA) is 161 Å². The quantitative estimate of drug-likeness (QED) is 0.168. The summed E-state index contributed by atoms with van der Waals surface area (Å²) >= 11 is 0. The molecule has 1 heterocycles. The van der Waals surface area contributed by atoms with Crippen molar-refractivity contribution in [1.82, 2.24) is 15.4 Å². The summed E-state index contributed by atoms with van der Waals surface area (Å²) in [7, 11) is 0. The average molecular weight is 546 g/mol. The van der Waals surface area contributed by atoms with Gasteiger partial charge < -0.3 is 10.2 Å². The van der Waals surface area contributed by atoms with E-state index in [1.807, 2.05) is 0 Å². The van der Waals surface area contributed by atoms with Crippen molar-refractivity contribution in [3.63, 3.8) is 0 Å². The van der Waals surface area contributed by atoms with E-state index in [0.29, 0.717) is 22.0 Å². The molecule has 0 aromatic heterocycles. The molecule has 0 bridgehead atoms. The molecule has 3 aromatic carbocycles. The largest absolute Gasteiger partial charge is 0.347 e. The fraction of sp³-hybridized carbons (Fsp3) is 0.185. The fourth-order valence-electron chi connectivity index (χ4n) is 4.31. The number of benzene rings is 3. The molecule has 0 saturated carbocycles. The minimum Gasteiger partial charge on any atom is -0.306 e. The van der Waals surface area contributed by atoms with Gasteiger partial charge in [0.2, 0.25) is 0 Å². The molecular weight excluding hydrogens is 518 g/mol. The summed E-state index contributed by atoms with van der Waals surface area (Å²) in [6.07, 6.45) is 0.101. The third kappa shape index (κ3) is 5.89. The van der Waals surface area contributed by atoms with Gasteiger partial charge in [-0.05, 0) is 55.8 Å². The number of hydroxylamine groups is 2. The molecule has 0 radical (unpaired) electrons. The van der Waals surface area contributed by atoms with Crippen LogP contribution in [0.25, 0.3) is 0 Å². The Morgan fingerprint density at radius 3 is 2.25 bits per heavy atom. The van der Waals surface area contributed by atoms with Crippen LogP contribution in [-0.2, 0) is 4.79 Å². The number of hydrogen-bond donors (Lipinski definition) is 3. The molecule has 13 nitrogen and oxygen atoms in total. The second kappa shape index (κ2) is 11.6. The first kappa shape index (κ1) is 27.7. The molecule has 1 aliphatic heterocycles. The van der Waals surface area contributed by atoms with E-state index >= 15 is 0 Å². The van der Waals surface area contributed by atoms with Crippen molar-refractivity contribution in [2.75, 3.05) is 16.8 Å². The first-order chi connectivity index (χ1) is 19.1. The number of nitrogens with one attached hydrogen (secondary N) is 2. The molecule has 3 aromatic rings. The second-order valence-electron chi connectivity index (χ2n) is 9.38. The highest BCUT2D eigenvalue weighted by Gasteiger charge is 2.56. The van der Waals surface area contributed by atoms with Gasteiger partial charge in [0.05, 0.1) is 16.7 Å². The number of carbonyl (C=O) groups is 3. The van der Waals surface area contributed by atoms with Crippen molar-refractivity contribution in [2.45, 2.75) is 25.6 Å². The van der Waals surface area contributed by atoms with E-state index in [4.69, 9.17) is 0 Å². The highest BCUT2D eigenvalue weighted by Crippen LogP contribution is 2.37. The van der Waals surface area contributed by atoms with Gasteiger partial charge in [0.1, 0.15) is 6.54 Å². The summed E-state index contributed by atoms with van der Waals surface area (Å²) in [5.74, 6) is -0.633. The normalized spacial score (nSPS) is 16.2. The van der Waals surface area contributed by atoms with Crippen LogP contribution in [0.5, 0.6) is 0 Å². The number of rotatable bonds is 8. The van der Waals surface area contributed by atoms with Crippen LogP contribution < -0.4 is 15.6 Å². The van der Waals surface area contributed by atoms with E-state index in [-0.39, 0.29) is 5.69 Å². The summed E-state index contributed by atoms with van der Waals surface area (Å²) < 4.78 is 0. The standard InChI is InChI=1S/C27H27N7O6/c1-27(2)24(33(38)25(36)29-20-9-5-3-6-10-20)32(21-11-7-4-8-12-21)26(37)31(27)18-23(35)30-28-17-19-13-15-22(16-14-19)34(39)40/h3-17,24,38H,18H2,1-2H3,(H,29,36)(H,30,35)/b28-17-. The summed E-state index contributed by atoms with van der Waals surface area (Å²) in [6, 6.07) is 21.1. The minimum atomic E-state index is -1.24. The number of hydrogen-bond acceptors (Lipinski definition) is 7. The summed E-state index contributed by atoms with van der Waals surface area (Å²) in [6.45, 7) is 2.83. The average Bonchev–Trinajstić information content (AvgIpc) is 3.14. The van der Waals surface area contributed by atoms with Gasteiger partial charge in [-0.1, -0.05) is 36.4 Å². The lowest BCUT2D eigenvalue weighted by Gasteiger charge is -2.38. The van der Waals surface area contributed by atoms with Crippen molar-refractivity contribution >= 4 is 41.2 Å². The first-order valence-corrected chi connectivity index (χ1v) is 12.2. The van der Waals surface area contributed by atoms with Gasteiger partial charge in [0, 0.05) is 23.5 Å². The van der Waals surface area contributed by atoms with Gasteiger partial charge in [0.15, 0.2) is 6.17 Å². The van der Waals surface area contributed by atoms with Crippen LogP contribution in [0.15, 0.2) is 90.0 Å². The van der Waals surface area contributed by atoms with Crippen LogP contribution in [0, 0.1) is 10.1 Å². The number of carbonyl (C=O) groups excluding carboxylic acids is 3. The maximum Gasteiger partial charge on any atom is 0.347 e. The number of para-hydroxylation sites is 2. The van der Waals surface area contributed by atoms with Gasteiger partial charge in [-0.15, -0.1) is 0 Å². The first-order valence-electron chi connectivity index (χ1n) is 12.2. The van der Waals surface area contributed by atoms with Crippen LogP contribution in [0.1, 0.15) is 19.4 Å². The molecule has 4 rings (SSSR count). The zero-order valence-corrected chi connectivity index (χ0v) is 21.7. The summed E-state index contributed by atoms with van der Waals surface area (Å²) in [4.78, 5) is 52.2. The maximum absolute atomic E-state index is 13.6. The Bertz CT molecular complexity index is 1410. The van der Waals surface area contributed by atoms with Crippen molar-refractivity contribution in [3.8, 4) is 0 Å². The number of nitrogens with zero attached hydrogens (tertiary/aromatic N) is 5. The number of nitro groups is 1. The molecule has 0 spiro atoms. The number of hydrazone groups is 1. The molecule has 1 saturated heterocycles. The molecular formula is C27H27N7O6. The number of amides is 5. The van der Waals surface area contributed by atoms with Crippen molar-refractivity contribution in [1.29, 1.82) is 0 Å². The van der Waals surface area contributed by atoms with Crippen molar-refractivity contribution < 1.29 is 24.5 Å². The summed E-state index contributed by atoms with van der Waals surface area (Å²) in [5.41, 5.74) is 2.39. The van der Waals surface area contributed by atoms with E-state index in [1.54, 1.807) is 74.5 Å². The molecule has 1 unspecified atom stereocenters. The summed E-state index contributed by atoms with van der Waals surface area (Å²) in [5, 5.41) is 28.8. The monoisotopic (exact) mass is 545 g/mol. The Balaban J connectivity index is 1.53. The smallest absolute Gasteiger partial charge is 0.306 e. The van der Waals surface area contributed by atoms with Crippen LogP contribution >= 0.6 is 0 Å². The predicted molar refractivity (Wildman–Crippen MR) is 147 cm³/mol. The van der Waals surface area contributed by atoms with Crippen LogP contribution in [-0.4, -0.2) is 62.5 Å². The third-order valence-electron chi connectivity index (χ3n) is 6.32. The SMILES string of the molecule is CC1(C)C(N(O)C(=O)Nc2ccccc2)N(c2ccccc2)C(=O)N1CC(=O)N/N=C\c1ccc([N+](=O)[O-])cc1.